The highest BCUT2D eigenvalue weighted by Crippen LogP contribution is 2.27. The van der Waals surface area contributed by atoms with Crippen molar-refractivity contribution in [2.75, 3.05) is 6.54 Å². The highest BCUT2D eigenvalue weighted by Gasteiger charge is 2.31. The molecule has 1 rings (SSSR count). The Kier molecular flexibility index (Phi) is 3.09. The van der Waals surface area contributed by atoms with Crippen LogP contribution >= 0.6 is 0 Å². The van der Waals surface area contributed by atoms with E-state index >= 15 is 0 Å². The molecule has 0 saturated heterocycles. The molecule has 1 saturated carbocycles. The Hall–Kier alpha value is -1.04. The zero-order valence-electron chi connectivity index (χ0n) is 7.42. The lowest BCUT2D eigenvalue weighted by atomic mass is 10.3. The molecule has 0 aliphatic heterocycles. The Morgan fingerprint density at radius 2 is 2.33 bits per heavy atom. The summed E-state index contributed by atoms with van der Waals surface area (Å²) in [7, 11) is 0. The van der Waals surface area contributed by atoms with E-state index in [4.69, 9.17) is 5.26 Å². The van der Waals surface area contributed by atoms with Crippen molar-refractivity contribution >= 4 is 5.91 Å². The third-order valence-electron chi connectivity index (χ3n) is 2.00. The van der Waals surface area contributed by atoms with Crippen LogP contribution in [0.4, 0.5) is 0 Å². The third-order valence-corrected chi connectivity index (χ3v) is 2.00. The second-order valence-corrected chi connectivity index (χ2v) is 3.15. The van der Waals surface area contributed by atoms with Crippen molar-refractivity contribution in [3.8, 4) is 6.07 Å². The molecule has 0 aromatic heterocycles. The predicted molar refractivity (Wildman–Crippen MR) is 45.3 cm³/mol. The van der Waals surface area contributed by atoms with Gasteiger partial charge in [-0.15, -0.1) is 0 Å². The van der Waals surface area contributed by atoms with Gasteiger partial charge in [-0.3, -0.25) is 4.79 Å². The first-order chi connectivity index (χ1) is 5.79. The fourth-order valence-corrected chi connectivity index (χ4v) is 1.31. The molecule has 0 aromatic carbocycles. The number of carbonyl (C=O) groups is 1. The van der Waals surface area contributed by atoms with Gasteiger partial charge in [-0.05, 0) is 19.3 Å². The van der Waals surface area contributed by atoms with Gasteiger partial charge in [0.1, 0.15) is 6.42 Å². The van der Waals surface area contributed by atoms with Crippen molar-refractivity contribution in [2.45, 2.75) is 38.6 Å². The van der Waals surface area contributed by atoms with E-state index in [-0.39, 0.29) is 12.3 Å². The fourth-order valence-electron chi connectivity index (χ4n) is 1.31. The topological polar surface area (TPSA) is 44.1 Å². The van der Waals surface area contributed by atoms with E-state index in [1.165, 1.54) is 0 Å². The molecule has 12 heavy (non-hydrogen) atoms. The quantitative estimate of drug-likeness (QED) is 0.631. The Labute approximate surface area is 73.0 Å². The van der Waals surface area contributed by atoms with Crippen LogP contribution in [0.2, 0.25) is 0 Å². The first-order valence-corrected chi connectivity index (χ1v) is 4.46. The van der Waals surface area contributed by atoms with Crippen LogP contribution < -0.4 is 0 Å². The maximum Gasteiger partial charge on any atom is 0.237 e. The molecule has 0 spiro atoms. The minimum absolute atomic E-state index is 0.00171. The lowest BCUT2D eigenvalue weighted by Gasteiger charge is -2.19. The molecule has 1 fully saturated rings. The van der Waals surface area contributed by atoms with E-state index in [0.29, 0.717) is 6.04 Å². The van der Waals surface area contributed by atoms with Crippen molar-refractivity contribution in [2.24, 2.45) is 0 Å². The molecular formula is C9H14N2O. The van der Waals surface area contributed by atoms with Crippen molar-refractivity contribution in [1.29, 1.82) is 5.26 Å². The van der Waals surface area contributed by atoms with Gasteiger partial charge in [-0.25, -0.2) is 0 Å². The lowest BCUT2D eigenvalue weighted by Crippen LogP contribution is -2.33. The minimum Gasteiger partial charge on any atom is -0.339 e. The summed E-state index contributed by atoms with van der Waals surface area (Å²) in [5.74, 6) is 0.00171. The Morgan fingerprint density at radius 3 is 2.75 bits per heavy atom. The van der Waals surface area contributed by atoms with Gasteiger partial charge in [0.25, 0.3) is 0 Å². The average Bonchev–Trinajstić information content (AvgIpc) is 2.83. The highest BCUT2D eigenvalue weighted by molar-refractivity contribution is 5.78. The monoisotopic (exact) mass is 166 g/mol. The smallest absolute Gasteiger partial charge is 0.237 e. The van der Waals surface area contributed by atoms with Crippen molar-refractivity contribution in [1.82, 2.24) is 4.90 Å². The van der Waals surface area contributed by atoms with E-state index in [1.54, 1.807) is 0 Å². The summed E-state index contributed by atoms with van der Waals surface area (Å²) in [6.45, 7) is 2.86. The summed E-state index contributed by atoms with van der Waals surface area (Å²) in [6, 6.07) is 2.35. The van der Waals surface area contributed by atoms with Gasteiger partial charge in [-0.2, -0.15) is 5.26 Å². The van der Waals surface area contributed by atoms with Gasteiger partial charge in [-0.1, -0.05) is 6.92 Å². The zero-order valence-corrected chi connectivity index (χ0v) is 7.42. The van der Waals surface area contributed by atoms with Gasteiger partial charge >= 0.3 is 0 Å². The SMILES string of the molecule is CCCN(C(=O)CC#N)C1CC1. The van der Waals surface area contributed by atoms with Crippen LogP contribution in [0.5, 0.6) is 0 Å². The summed E-state index contributed by atoms with van der Waals surface area (Å²) < 4.78 is 0. The number of rotatable bonds is 4. The Morgan fingerprint density at radius 1 is 1.67 bits per heavy atom. The molecule has 3 nitrogen and oxygen atoms in total. The van der Waals surface area contributed by atoms with Crippen LogP contribution in [0.15, 0.2) is 0 Å². The molecule has 0 heterocycles. The molecule has 1 aliphatic carbocycles. The zero-order chi connectivity index (χ0) is 8.97. The molecule has 0 radical (unpaired) electrons. The molecule has 0 aromatic rings. The van der Waals surface area contributed by atoms with Crippen LogP contribution in [-0.2, 0) is 4.79 Å². The number of hydrogen-bond acceptors (Lipinski definition) is 2. The number of nitrogens with zero attached hydrogens (tertiary/aromatic N) is 2. The molecule has 3 heteroatoms. The first-order valence-electron chi connectivity index (χ1n) is 4.46. The molecule has 1 aliphatic rings. The lowest BCUT2D eigenvalue weighted by molar-refractivity contribution is -0.130. The van der Waals surface area contributed by atoms with Gasteiger partial charge < -0.3 is 4.90 Å². The Bertz CT molecular complexity index is 203. The maximum absolute atomic E-state index is 11.3. The van der Waals surface area contributed by atoms with Crippen molar-refractivity contribution in [3.63, 3.8) is 0 Å². The minimum atomic E-state index is 0.00171. The van der Waals surface area contributed by atoms with Crippen LogP contribution in [0.25, 0.3) is 0 Å². The molecular weight excluding hydrogens is 152 g/mol. The third kappa shape index (κ3) is 2.23. The second-order valence-electron chi connectivity index (χ2n) is 3.15. The number of amides is 1. The van der Waals surface area contributed by atoms with Crippen molar-refractivity contribution in [3.05, 3.63) is 0 Å². The normalized spacial score (nSPS) is 15.3. The van der Waals surface area contributed by atoms with E-state index in [1.807, 2.05) is 11.0 Å². The maximum atomic E-state index is 11.3. The van der Waals surface area contributed by atoms with E-state index in [0.717, 1.165) is 25.8 Å². The van der Waals surface area contributed by atoms with E-state index in [2.05, 4.69) is 6.92 Å². The van der Waals surface area contributed by atoms with Crippen molar-refractivity contribution < 1.29 is 4.79 Å². The van der Waals surface area contributed by atoms with Crippen LogP contribution in [0.3, 0.4) is 0 Å². The molecule has 1 amide bonds. The summed E-state index contributed by atoms with van der Waals surface area (Å²) >= 11 is 0. The van der Waals surface area contributed by atoms with Crippen LogP contribution in [0, 0.1) is 11.3 Å². The van der Waals surface area contributed by atoms with Gasteiger partial charge in [0.2, 0.25) is 5.91 Å². The molecule has 0 bridgehead atoms. The highest BCUT2D eigenvalue weighted by atomic mass is 16.2. The van der Waals surface area contributed by atoms with Crippen LogP contribution in [-0.4, -0.2) is 23.4 Å². The van der Waals surface area contributed by atoms with Crippen LogP contribution in [0.1, 0.15) is 32.6 Å². The van der Waals surface area contributed by atoms with Gasteiger partial charge in [0.15, 0.2) is 0 Å². The largest absolute Gasteiger partial charge is 0.339 e. The van der Waals surface area contributed by atoms with Gasteiger partial charge in [0, 0.05) is 12.6 Å². The second kappa shape index (κ2) is 4.10. The first kappa shape index (κ1) is 9.05. The van der Waals surface area contributed by atoms with E-state index < -0.39 is 0 Å². The molecule has 0 unspecified atom stereocenters. The summed E-state index contributed by atoms with van der Waals surface area (Å²) in [5, 5.41) is 8.36. The number of carbonyl (C=O) groups excluding carboxylic acids is 1. The van der Waals surface area contributed by atoms with E-state index in [9.17, 15) is 4.79 Å². The summed E-state index contributed by atoms with van der Waals surface area (Å²) in [5.41, 5.74) is 0. The fraction of sp³-hybridized carbons (Fsp3) is 0.778. The molecule has 0 N–H and O–H groups in total. The summed E-state index contributed by atoms with van der Waals surface area (Å²) in [6.07, 6.45) is 3.26. The number of nitriles is 1. The molecule has 66 valence electrons. The standard InChI is InChI=1S/C9H14N2O/c1-2-7-11(8-3-4-8)9(12)5-6-10/h8H,2-5,7H2,1H3. The summed E-state index contributed by atoms with van der Waals surface area (Å²) in [4.78, 5) is 13.2. The van der Waals surface area contributed by atoms with Gasteiger partial charge in [0.05, 0.1) is 6.07 Å². The predicted octanol–water partition coefficient (Wildman–Crippen LogP) is 1.30. The molecule has 0 atom stereocenters. The Balaban J connectivity index is 2.41. The average molecular weight is 166 g/mol. The number of hydrogen-bond donors (Lipinski definition) is 0.